The van der Waals surface area contributed by atoms with Crippen LogP contribution in [-0.4, -0.2) is 11.0 Å². The number of benzene rings is 2. The highest BCUT2D eigenvalue weighted by Crippen LogP contribution is 2.25. The first-order chi connectivity index (χ1) is 8.99. The Balaban J connectivity index is 2.28. The van der Waals surface area contributed by atoms with Gasteiger partial charge in [-0.1, -0.05) is 17.7 Å². The van der Waals surface area contributed by atoms with Crippen LogP contribution in [0, 0.1) is 6.92 Å². The number of hydrogen-bond donors (Lipinski definition) is 3. The molecule has 2 rings (SSSR count). The standard InChI is InChI=1S/C14H13ClN2O2/c1-8-10(3-2-4-13(8)18)14(19)17-12-6-5-9(15)7-11(12)16/h2-7,18H,16H2,1H3,(H,17,19). The zero-order chi connectivity index (χ0) is 14.0. The molecular formula is C14H13ClN2O2. The molecule has 0 aliphatic carbocycles. The third-order valence-electron chi connectivity index (χ3n) is 2.81. The predicted molar refractivity (Wildman–Crippen MR) is 76.7 cm³/mol. The van der Waals surface area contributed by atoms with E-state index in [4.69, 9.17) is 17.3 Å². The molecule has 19 heavy (non-hydrogen) atoms. The fraction of sp³-hybridized carbons (Fsp3) is 0.0714. The monoisotopic (exact) mass is 276 g/mol. The summed E-state index contributed by atoms with van der Waals surface area (Å²) >= 11 is 5.79. The van der Waals surface area contributed by atoms with Crippen LogP contribution in [0.3, 0.4) is 0 Å². The van der Waals surface area contributed by atoms with Crippen LogP contribution in [0.5, 0.6) is 5.75 Å². The Bertz CT molecular complexity index is 641. The van der Waals surface area contributed by atoms with Crippen LogP contribution in [0.25, 0.3) is 0 Å². The number of carbonyl (C=O) groups excluding carboxylic acids is 1. The lowest BCUT2D eigenvalue weighted by Crippen LogP contribution is -2.14. The maximum Gasteiger partial charge on any atom is 0.256 e. The summed E-state index contributed by atoms with van der Waals surface area (Å²) in [5, 5.41) is 12.8. The van der Waals surface area contributed by atoms with Gasteiger partial charge in [0.2, 0.25) is 0 Å². The number of halogens is 1. The molecule has 1 amide bonds. The van der Waals surface area contributed by atoms with E-state index in [-0.39, 0.29) is 11.7 Å². The second-order valence-corrected chi connectivity index (χ2v) is 4.57. The zero-order valence-corrected chi connectivity index (χ0v) is 11.0. The van der Waals surface area contributed by atoms with Gasteiger partial charge < -0.3 is 16.2 Å². The molecule has 0 bridgehead atoms. The van der Waals surface area contributed by atoms with Gasteiger partial charge in [-0.3, -0.25) is 4.79 Å². The highest BCUT2D eigenvalue weighted by molar-refractivity contribution is 6.31. The van der Waals surface area contributed by atoms with E-state index in [1.165, 1.54) is 6.07 Å². The first-order valence-corrected chi connectivity index (χ1v) is 6.02. The van der Waals surface area contributed by atoms with Crippen molar-refractivity contribution >= 4 is 28.9 Å². The summed E-state index contributed by atoms with van der Waals surface area (Å²) in [5.41, 5.74) is 7.56. The van der Waals surface area contributed by atoms with E-state index in [9.17, 15) is 9.90 Å². The van der Waals surface area contributed by atoms with Gasteiger partial charge in [-0.05, 0) is 37.3 Å². The number of anilines is 2. The topological polar surface area (TPSA) is 75.3 Å². The summed E-state index contributed by atoms with van der Waals surface area (Å²) < 4.78 is 0. The highest BCUT2D eigenvalue weighted by atomic mass is 35.5. The lowest BCUT2D eigenvalue weighted by Gasteiger charge is -2.10. The Morgan fingerprint density at radius 1 is 1.32 bits per heavy atom. The number of phenols is 1. The van der Waals surface area contributed by atoms with Crippen molar-refractivity contribution in [3.05, 3.63) is 52.5 Å². The second kappa shape index (κ2) is 5.20. The number of rotatable bonds is 2. The first-order valence-electron chi connectivity index (χ1n) is 5.64. The van der Waals surface area contributed by atoms with Crippen molar-refractivity contribution in [2.75, 3.05) is 11.1 Å². The van der Waals surface area contributed by atoms with Gasteiger partial charge in [0.25, 0.3) is 5.91 Å². The summed E-state index contributed by atoms with van der Waals surface area (Å²) in [6.45, 7) is 1.68. The number of hydrogen-bond acceptors (Lipinski definition) is 3. The molecule has 0 saturated heterocycles. The number of aromatic hydroxyl groups is 1. The summed E-state index contributed by atoms with van der Waals surface area (Å²) in [5.74, 6) is -0.251. The van der Waals surface area contributed by atoms with Gasteiger partial charge in [0.1, 0.15) is 5.75 Å². The van der Waals surface area contributed by atoms with E-state index in [1.807, 2.05) is 0 Å². The number of nitrogen functional groups attached to an aromatic ring is 1. The fourth-order valence-corrected chi connectivity index (χ4v) is 1.89. The van der Waals surface area contributed by atoms with Crippen molar-refractivity contribution in [2.24, 2.45) is 0 Å². The maximum absolute atomic E-state index is 12.1. The lowest BCUT2D eigenvalue weighted by atomic mass is 10.1. The molecule has 0 radical (unpaired) electrons. The van der Waals surface area contributed by atoms with Gasteiger partial charge in [-0.25, -0.2) is 0 Å². The highest BCUT2D eigenvalue weighted by Gasteiger charge is 2.12. The van der Waals surface area contributed by atoms with Crippen LogP contribution in [0.15, 0.2) is 36.4 Å². The number of phenolic OH excluding ortho intramolecular Hbond substituents is 1. The molecule has 0 heterocycles. The molecule has 4 N–H and O–H groups in total. The van der Waals surface area contributed by atoms with Crippen molar-refractivity contribution < 1.29 is 9.90 Å². The van der Waals surface area contributed by atoms with Crippen LogP contribution >= 0.6 is 11.6 Å². The SMILES string of the molecule is Cc1c(O)cccc1C(=O)Nc1ccc(Cl)cc1N. The molecule has 2 aromatic rings. The summed E-state index contributed by atoms with van der Waals surface area (Å²) in [6, 6.07) is 9.62. The van der Waals surface area contributed by atoms with Gasteiger partial charge in [-0.2, -0.15) is 0 Å². The van der Waals surface area contributed by atoms with Crippen molar-refractivity contribution in [1.29, 1.82) is 0 Å². The normalized spacial score (nSPS) is 10.2. The summed E-state index contributed by atoms with van der Waals surface area (Å²) in [7, 11) is 0. The molecule has 0 aromatic heterocycles. The van der Waals surface area contributed by atoms with Crippen LogP contribution in [-0.2, 0) is 0 Å². The molecule has 2 aromatic carbocycles. The van der Waals surface area contributed by atoms with Gasteiger partial charge >= 0.3 is 0 Å². The van der Waals surface area contributed by atoms with Crippen LogP contribution in [0.1, 0.15) is 15.9 Å². The molecule has 0 fully saturated rings. The van der Waals surface area contributed by atoms with Crippen molar-refractivity contribution in [1.82, 2.24) is 0 Å². The Morgan fingerprint density at radius 3 is 2.74 bits per heavy atom. The van der Waals surface area contributed by atoms with Gasteiger partial charge in [0.05, 0.1) is 11.4 Å². The van der Waals surface area contributed by atoms with Crippen LogP contribution in [0.2, 0.25) is 5.02 Å². The molecule has 0 unspecified atom stereocenters. The third kappa shape index (κ3) is 2.80. The van der Waals surface area contributed by atoms with E-state index in [1.54, 1.807) is 37.3 Å². The average molecular weight is 277 g/mol. The number of nitrogens with one attached hydrogen (secondary N) is 1. The van der Waals surface area contributed by atoms with Gasteiger partial charge in [0, 0.05) is 16.1 Å². The zero-order valence-electron chi connectivity index (χ0n) is 10.3. The molecular weight excluding hydrogens is 264 g/mol. The Kier molecular flexibility index (Phi) is 3.62. The summed E-state index contributed by atoms with van der Waals surface area (Å²) in [6.07, 6.45) is 0. The van der Waals surface area contributed by atoms with Crippen LogP contribution < -0.4 is 11.1 Å². The minimum absolute atomic E-state index is 0.0803. The quantitative estimate of drug-likeness (QED) is 0.737. The molecule has 0 saturated carbocycles. The van der Waals surface area contributed by atoms with E-state index in [0.29, 0.717) is 27.5 Å². The molecule has 0 spiro atoms. The van der Waals surface area contributed by atoms with Gasteiger partial charge in [0.15, 0.2) is 0 Å². The molecule has 98 valence electrons. The Hall–Kier alpha value is -2.20. The number of carbonyl (C=O) groups is 1. The van der Waals surface area contributed by atoms with Crippen molar-refractivity contribution in [3.8, 4) is 5.75 Å². The van der Waals surface area contributed by atoms with E-state index >= 15 is 0 Å². The third-order valence-corrected chi connectivity index (χ3v) is 3.05. The largest absolute Gasteiger partial charge is 0.508 e. The van der Waals surface area contributed by atoms with E-state index in [0.717, 1.165) is 0 Å². The fourth-order valence-electron chi connectivity index (χ4n) is 1.71. The Labute approximate surface area is 115 Å². The predicted octanol–water partition coefficient (Wildman–Crippen LogP) is 3.19. The number of amides is 1. The Morgan fingerprint density at radius 2 is 2.05 bits per heavy atom. The molecule has 0 aliphatic rings. The maximum atomic E-state index is 12.1. The first kappa shape index (κ1) is 13.2. The minimum atomic E-state index is -0.331. The molecule has 4 nitrogen and oxygen atoms in total. The van der Waals surface area contributed by atoms with Crippen molar-refractivity contribution in [2.45, 2.75) is 6.92 Å². The lowest BCUT2D eigenvalue weighted by molar-refractivity contribution is 0.102. The smallest absolute Gasteiger partial charge is 0.256 e. The van der Waals surface area contributed by atoms with E-state index < -0.39 is 0 Å². The average Bonchev–Trinajstić information content (AvgIpc) is 2.36. The van der Waals surface area contributed by atoms with E-state index in [2.05, 4.69) is 5.32 Å². The van der Waals surface area contributed by atoms with Crippen molar-refractivity contribution in [3.63, 3.8) is 0 Å². The minimum Gasteiger partial charge on any atom is -0.508 e. The molecule has 5 heteroatoms. The van der Waals surface area contributed by atoms with Gasteiger partial charge in [-0.15, -0.1) is 0 Å². The number of nitrogens with two attached hydrogens (primary N) is 1. The second-order valence-electron chi connectivity index (χ2n) is 4.14. The summed E-state index contributed by atoms with van der Waals surface area (Å²) in [4.78, 5) is 12.1. The molecule has 0 aliphatic heterocycles. The van der Waals surface area contributed by atoms with Crippen LogP contribution in [0.4, 0.5) is 11.4 Å². The molecule has 0 atom stereocenters.